The molecule has 5 heteroatoms. The van der Waals surface area contributed by atoms with Gasteiger partial charge in [-0.05, 0) is 33.9 Å². The van der Waals surface area contributed by atoms with Crippen molar-refractivity contribution in [3.05, 3.63) is 59.7 Å². The molecule has 4 rings (SSSR count). The van der Waals surface area contributed by atoms with Crippen molar-refractivity contribution in [2.75, 3.05) is 13.2 Å². The fraction of sp³-hybridized carbons (Fsp3) is 0.250. The van der Waals surface area contributed by atoms with E-state index in [4.69, 9.17) is 16.3 Å². The van der Waals surface area contributed by atoms with E-state index in [0.29, 0.717) is 18.7 Å². The van der Waals surface area contributed by atoms with Crippen LogP contribution >= 0.6 is 11.6 Å². The quantitative estimate of drug-likeness (QED) is 0.619. The molecule has 4 nitrogen and oxygen atoms in total. The second-order valence-corrected chi connectivity index (χ2v) is 6.62. The molecule has 0 N–H and O–H groups in total. The summed E-state index contributed by atoms with van der Waals surface area (Å²) in [6, 6.07) is 16.4. The van der Waals surface area contributed by atoms with Gasteiger partial charge in [-0.1, -0.05) is 48.5 Å². The summed E-state index contributed by atoms with van der Waals surface area (Å²) in [7, 11) is 0. The molecule has 2 aliphatic rings. The highest BCUT2D eigenvalue weighted by Gasteiger charge is 2.36. The zero-order valence-electron chi connectivity index (χ0n) is 13.6. The Kier molecular flexibility index (Phi) is 4.14. The number of rotatable bonds is 3. The lowest BCUT2D eigenvalue weighted by Crippen LogP contribution is -2.28. The van der Waals surface area contributed by atoms with Gasteiger partial charge >= 0.3 is 11.3 Å². The largest absolute Gasteiger partial charge is 0.596 e. The highest BCUT2D eigenvalue weighted by molar-refractivity contribution is 6.81. The van der Waals surface area contributed by atoms with Crippen molar-refractivity contribution in [1.29, 1.82) is 0 Å². The van der Waals surface area contributed by atoms with Gasteiger partial charge in [0, 0.05) is 18.8 Å². The number of fused-ring (bicyclic) bond motifs is 3. The van der Waals surface area contributed by atoms with Crippen LogP contribution in [0.4, 0.5) is 4.79 Å². The second kappa shape index (κ2) is 6.45. The minimum atomic E-state index is -0.578. The number of halogens is 1. The molecule has 1 heterocycles. The summed E-state index contributed by atoms with van der Waals surface area (Å²) in [6.07, 6.45) is 0.758. The minimum Gasteiger partial charge on any atom is -0.411 e. The monoisotopic (exact) mass is 354 g/mol. The molecule has 1 aliphatic carbocycles. The maximum Gasteiger partial charge on any atom is 0.596 e. The Morgan fingerprint density at radius 2 is 1.64 bits per heavy atom. The zero-order chi connectivity index (χ0) is 17.4. The molecule has 0 saturated carbocycles. The molecule has 2 aromatic rings. The molecule has 0 atom stereocenters. The molecule has 0 spiro atoms. The Labute approximate surface area is 150 Å². The SMILES string of the molecule is O=C(Cl)C1=[N+](C(=O)OCC2c3ccccc3-c3ccccc32)CCC1. The van der Waals surface area contributed by atoms with E-state index in [2.05, 4.69) is 24.3 Å². The molecule has 0 bridgehead atoms. The van der Waals surface area contributed by atoms with E-state index in [-0.39, 0.29) is 12.5 Å². The van der Waals surface area contributed by atoms with E-state index >= 15 is 0 Å². The van der Waals surface area contributed by atoms with Crippen LogP contribution in [0, 0.1) is 0 Å². The van der Waals surface area contributed by atoms with Crippen LogP contribution in [-0.2, 0) is 9.53 Å². The molecule has 0 unspecified atom stereocenters. The average molecular weight is 355 g/mol. The van der Waals surface area contributed by atoms with Gasteiger partial charge in [-0.15, -0.1) is 4.58 Å². The number of carbonyl (C=O) groups excluding carboxylic acids is 2. The first-order valence-electron chi connectivity index (χ1n) is 8.35. The number of amides is 1. The van der Waals surface area contributed by atoms with Gasteiger partial charge < -0.3 is 4.74 Å². The Morgan fingerprint density at radius 1 is 1.04 bits per heavy atom. The summed E-state index contributed by atoms with van der Waals surface area (Å²) >= 11 is 5.56. The van der Waals surface area contributed by atoms with Crippen molar-refractivity contribution in [3.63, 3.8) is 0 Å². The molecular weight excluding hydrogens is 338 g/mol. The Bertz CT molecular complexity index is 858. The van der Waals surface area contributed by atoms with E-state index in [9.17, 15) is 9.59 Å². The van der Waals surface area contributed by atoms with Gasteiger partial charge in [0.1, 0.15) is 6.61 Å². The summed E-state index contributed by atoms with van der Waals surface area (Å²) in [5.74, 6) is 0.00843. The fourth-order valence-corrected chi connectivity index (χ4v) is 3.95. The topological polar surface area (TPSA) is 46.4 Å². The van der Waals surface area contributed by atoms with Crippen LogP contribution in [0.5, 0.6) is 0 Å². The predicted octanol–water partition coefficient (Wildman–Crippen LogP) is 3.95. The first-order valence-corrected chi connectivity index (χ1v) is 8.73. The van der Waals surface area contributed by atoms with E-state index in [1.54, 1.807) is 0 Å². The molecule has 0 aromatic heterocycles. The lowest BCUT2D eigenvalue weighted by molar-refractivity contribution is -0.437. The summed E-state index contributed by atoms with van der Waals surface area (Å²) in [6.45, 7) is 0.720. The summed E-state index contributed by atoms with van der Waals surface area (Å²) < 4.78 is 6.92. The fourth-order valence-electron chi connectivity index (χ4n) is 3.75. The second-order valence-electron chi connectivity index (χ2n) is 6.28. The molecule has 2 aromatic carbocycles. The zero-order valence-corrected chi connectivity index (χ0v) is 14.3. The van der Waals surface area contributed by atoms with Gasteiger partial charge in [-0.3, -0.25) is 4.79 Å². The molecule has 0 fully saturated rings. The van der Waals surface area contributed by atoms with E-state index in [0.717, 1.165) is 17.5 Å². The van der Waals surface area contributed by atoms with Crippen molar-refractivity contribution >= 4 is 28.6 Å². The third-order valence-corrected chi connectivity index (χ3v) is 5.12. The predicted molar refractivity (Wildman–Crippen MR) is 95.3 cm³/mol. The van der Waals surface area contributed by atoms with E-state index < -0.39 is 11.3 Å². The number of hydrogen-bond donors (Lipinski definition) is 0. The van der Waals surface area contributed by atoms with E-state index in [1.807, 2.05) is 24.3 Å². The van der Waals surface area contributed by atoms with Gasteiger partial charge in [0.15, 0.2) is 6.54 Å². The van der Waals surface area contributed by atoms with Crippen LogP contribution in [-0.4, -0.2) is 34.8 Å². The molecular formula is C20H17ClNO3+. The molecule has 0 radical (unpaired) electrons. The van der Waals surface area contributed by atoms with Gasteiger partial charge in [-0.25, -0.2) is 0 Å². The third kappa shape index (κ3) is 2.76. The number of carbonyl (C=O) groups is 2. The normalized spacial score (nSPS) is 15.9. The molecule has 126 valence electrons. The van der Waals surface area contributed by atoms with Crippen LogP contribution in [0.25, 0.3) is 11.1 Å². The number of hydrogen-bond acceptors (Lipinski definition) is 3. The Balaban J connectivity index is 1.59. The maximum absolute atomic E-state index is 12.4. The van der Waals surface area contributed by atoms with Crippen molar-refractivity contribution in [3.8, 4) is 11.1 Å². The lowest BCUT2D eigenvalue weighted by Gasteiger charge is -2.12. The first-order chi connectivity index (χ1) is 12.2. The maximum atomic E-state index is 12.4. The minimum absolute atomic E-state index is 0.00843. The van der Waals surface area contributed by atoms with E-state index in [1.165, 1.54) is 15.7 Å². The van der Waals surface area contributed by atoms with Crippen molar-refractivity contribution < 1.29 is 18.9 Å². The number of nitrogens with zero attached hydrogens (tertiary/aromatic N) is 1. The van der Waals surface area contributed by atoms with Gasteiger partial charge in [0.05, 0.1) is 0 Å². The highest BCUT2D eigenvalue weighted by Crippen LogP contribution is 2.44. The van der Waals surface area contributed by atoms with Crippen molar-refractivity contribution in [1.82, 2.24) is 0 Å². The third-order valence-electron chi connectivity index (χ3n) is 4.90. The van der Waals surface area contributed by atoms with Crippen LogP contribution < -0.4 is 0 Å². The summed E-state index contributed by atoms with van der Waals surface area (Å²) in [4.78, 5) is 23.8. The Hall–Kier alpha value is -2.46. The van der Waals surface area contributed by atoms with Gasteiger partial charge in [-0.2, -0.15) is 4.79 Å². The van der Waals surface area contributed by atoms with Crippen LogP contribution in [0.3, 0.4) is 0 Å². The van der Waals surface area contributed by atoms with Crippen molar-refractivity contribution in [2.45, 2.75) is 18.8 Å². The average Bonchev–Trinajstić information content (AvgIpc) is 3.23. The molecule has 1 amide bonds. The molecule has 0 saturated heterocycles. The summed E-state index contributed by atoms with van der Waals surface area (Å²) in [5, 5.41) is -0.578. The van der Waals surface area contributed by atoms with Crippen LogP contribution in [0.15, 0.2) is 48.5 Å². The molecule has 25 heavy (non-hydrogen) atoms. The lowest BCUT2D eigenvalue weighted by atomic mass is 9.98. The first kappa shape index (κ1) is 16.0. The number of benzene rings is 2. The van der Waals surface area contributed by atoms with Gasteiger partial charge in [0.2, 0.25) is 5.71 Å². The van der Waals surface area contributed by atoms with Crippen molar-refractivity contribution in [2.24, 2.45) is 0 Å². The number of ether oxygens (including phenoxy) is 1. The summed E-state index contributed by atoms with van der Waals surface area (Å²) in [5.41, 5.74) is 5.02. The standard InChI is InChI=1S/C20H17ClNO3/c21-19(23)18-10-5-11-22(18)20(24)25-12-17-15-8-3-1-6-13(15)14-7-2-4-9-16(14)17/h1-4,6-9,17H,5,10-12H2/q+1. The smallest absolute Gasteiger partial charge is 0.411 e. The molecule has 1 aliphatic heterocycles. The van der Waals surface area contributed by atoms with Gasteiger partial charge in [0.25, 0.3) is 0 Å². The highest BCUT2D eigenvalue weighted by atomic mass is 35.5. The Morgan fingerprint density at radius 3 is 2.24 bits per heavy atom. The van der Waals surface area contributed by atoms with Crippen LogP contribution in [0.2, 0.25) is 0 Å². The van der Waals surface area contributed by atoms with Crippen LogP contribution in [0.1, 0.15) is 29.9 Å².